The molecule has 0 unspecified atom stereocenters. The highest BCUT2D eigenvalue weighted by molar-refractivity contribution is 5.76. The van der Waals surface area contributed by atoms with Crippen molar-refractivity contribution >= 4 is 11.9 Å². The van der Waals surface area contributed by atoms with Crippen molar-refractivity contribution in [2.75, 3.05) is 6.61 Å². The average molecular weight is 309 g/mol. The van der Waals surface area contributed by atoms with Crippen LogP contribution in [0.3, 0.4) is 0 Å². The number of hydrogen-bond acceptors (Lipinski definition) is 8. The van der Waals surface area contributed by atoms with Crippen molar-refractivity contribution in [3.63, 3.8) is 0 Å². The summed E-state index contributed by atoms with van der Waals surface area (Å²) in [6.07, 6.45) is -7.48. The third kappa shape index (κ3) is 3.87. The van der Waals surface area contributed by atoms with Crippen molar-refractivity contribution in [1.29, 1.82) is 0 Å². The van der Waals surface area contributed by atoms with Gasteiger partial charge in [0.25, 0.3) is 5.79 Å². The van der Waals surface area contributed by atoms with Crippen molar-refractivity contribution in [3.8, 4) is 0 Å². The van der Waals surface area contributed by atoms with Crippen LogP contribution in [0.1, 0.15) is 13.3 Å². The lowest BCUT2D eigenvalue weighted by Gasteiger charge is -2.44. The van der Waals surface area contributed by atoms with Gasteiger partial charge in [0.15, 0.2) is 0 Å². The molecule has 1 heterocycles. The van der Waals surface area contributed by atoms with Crippen molar-refractivity contribution in [2.24, 2.45) is 0 Å². The number of aliphatic carboxylic acids is 1. The van der Waals surface area contributed by atoms with Crippen molar-refractivity contribution < 1.29 is 45.0 Å². The summed E-state index contributed by atoms with van der Waals surface area (Å²) in [5.74, 6) is -5.17. The van der Waals surface area contributed by atoms with Gasteiger partial charge in [-0.25, -0.2) is 4.79 Å². The molecule has 0 radical (unpaired) electrons. The minimum atomic E-state index is -2.78. The molecule has 21 heavy (non-hydrogen) atoms. The lowest BCUT2D eigenvalue weighted by atomic mass is 9.88. The van der Waals surface area contributed by atoms with Gasteiger partial charge < -0.3 is 40.7 Å². The lowest BCUT2D eigenvalue weighted by Crippen LogP contribution is -2.67. The second-order valence-electron chi connectivity index (χ2n) is 4.91. The number of carboxylic acids is 1. The Bertz CT molecular complexity index is 403. The SMILES string of the molecule is CC(=O)N[C@H]1[C@@H]([C@H](O)[C@@H](O)CO)O[C@@](O)(C(=O)O)C[C@H]1O. The number of hydrogen-bond donors (Lipinski definition) is 7. The number of carbonyl (C=O) groups excluding carboxylic acids is 1. The summed E-state index contributed by atoms with van der Waals surface area (Å²) in [4.78, 5) is 22.1. The van der Waals surface area contributed by atoms with Gasteiger partial charge in [-0.2, -0.15) is 0 Å². The summed E-state index contributed by atoms with van der Waals surface area (Å²) in [6.45, 7) is 0.256. The molecule has 1 fully saturated rings. The summed E-state index contributed by atoms with van der Waals surface area (Å²) in [5.41, 5.74) is 0. The zero-order valence-corrected chi connectivity index (χ0v) is 11.2. The molecule has 0 saturated carbocycles. The van der Waals surface area contributed by atoms with E-state index in [1.54, 1.807) is 0 Å². The molecule has 122 valence electrons. The Morgan fingerprint density at radius 3 is 2.43 bits per heavy atom. The van der Waals surface area contributed by atoms with Crippen LogP contribution in [-0.2, 0) is 14.3 Å². The molecule has 1 rings (SSSR count). The van der Waals surface area contributed by atoms with Gasteiger partial charge in [-0.15, -0.1) is 0 Å². The fourth-order valence-corrected chi connectivity index (χ4v) is 2.14. The van der Waals surface area contributed by atoms with E-state index < -0.39 is 61.1 Å². The first-order chi connectivity index (χ1) is 9.62. The Hall–Kier alpha value is -1.30. The molecule has 1 aliphatic heterocycles. The van der Waals surface area contributed by atoms with Gasteiger partial charge in [-0.3, -0.25) is 4.79 Å². The first-order valence-corrected chi connectivity index (χ1v) is 6.18. The molecular weight excluding hydrogens is 290 g/mol. The summed E-state index contributed by atoms with van der Waals surface area (Å²) >= 11 is 0. The highest BCUT2D eigenvalue weighted by Crippen LogP contribution is 2.30. The fourth-order valence-electron chi connectivity index (χ4n) is 2.14. The van der Waals surface area contributed by atoms with Crippen LogP contribution in [0.5, 0.6) is 0 Å². The van der Waals surface area contributed by atoms with Crippen LogP contribution in [0.15, 0.2) is 0 Å². The van der Waals surface area contributed by atoms with Crippen LogP contribution >= 0.6 is 0 Å². The van der Waals surface area contributed by atoms with Crippen LogP contribution < -0.4 is 5.32 Å². The van der Waals surface area contributed by atoms with Gasteiger partial charge in [-0.05, 0) is 0 Å². The number of rotatable bonds is 5. The molecule has 0 aromatic rings. The van der Waals surface area contributed by atoms with E-state index in [9.17, 15) is 30.0 Å². The Balaban J connectivity index is 3.07. The van der Waals surface area contributed by atoms with E-state index in [0.29, 0.717) is 0 Å². The van der Waals surface area contributed by atoms with Gasteiger partial charge in [0.2, 0.25) is 5.91 Å². The minimum absolute atomic E-state index is 0.598. The molecule has 6 atom stereocenters. The predicted octanol–water partition coefficient (Wildman–Crippen LogP) is -3.87. The summed E-state index contributed by atoms with van der Waals surface area (Å²) in [5, 5.41) is 59.0. The molecule has 10 heteroatoms. The van der Waals surface area contributed by atoms with Gasteiger partial charge in [0.1, 0.15) is 18.3 Å². The van der Waals surface area contributed by atoms with Crippen molar-refractivity contribution in [3.05, 3.63) is 0 Å². The van der Waals surface area contributed by atoms with E-state index in [1.165, 1.54) is 0 Å². The van der Waals surface area contributed by atoms with Crippen LogP contribution in [0.4, 0.5) is 0 Å². The predicted molar refractivity (Wildman–Crippen MR) is 64.8 cm³/mol. The molecule has 1 amide bonds. The molecule has 1 aliphatic rings. The first kappa shape index (κ1) is 17.8. The third-order valence-electron chi connectivity index (χ3n) is 3.21. The maximum absolute atomic E-state index is 11.1. The summed E-state index contributed by atoms with van der Waals surface area (Å²) in [6, 6.07) is -1.27. The Morgan fingerprint density at radius 2 is 2.00 bits per heavy atom. The number of amides is 1. The molecule has 0 spiro atoms. The largest absolute Gasteiger partial charge is 0.477 e. The minimum Gasteiger partial charge on any atom is -0.477 e. The van der Waals surface area contributed by atoms with Gasteiger partial charge >= 0.3 is 5.97 Å². The average Bonchev–Trinajstić information content (AvgIpc) is 2.39. The summed E-state index contributed by atoms with van der Waals surface area (Å²) < 4.78 is 4.86. The number of carboxylic acid groups (broad SMARTS) is 1. The summed E-state index contributed by atoms with van der Waals surface area (Å²) in [7, 11) is 0. The highest BCUT2D eigenvalue weighted by atomic mass is 16.7. The topological polar surface area (TPSA) is 177 Å². The highest BCUT2D eigenvalue weighted by Gasteiger charge is 2.53. The second-order valence-corrected chi connectivity index (χ2v) is 4.91. The van der Waals surface area contributed by atoms with E-state index in [-0.39, 0.29) is 0 Å². The third-order valence-corrected chi connectivity index (χ3v) is 3.21. The lowest BCUT2D eigenvalue weighted by molar-refractivity contribution is -0.295. The number of ether oxygens (including phenoxy) is 1. The molecule has 1 saturated heterocycles. The molecule has 7 N–H and O–H groups in total. The van der Waals surface area contributed by atoms with E-state index >= 15 is 0 Å². The van der Waals surface area contributed by atoms with E-state index in [0.717, 1.165) is 6.92 Å². The number of carbonyl (C=O) groups is 2. The first-order valence-electron chi connectivity index (χ1n) is 6.18. The molecule has 0 bridgehead atoms. The van der Waals surface area contributed by atoms with Crippen LogP contribution in [0, 0.1) is 0 Å². The number of aliphatic hydroxyl groups excluding tert-OH is 4. The zero-order valence-electron chi connectivity index (χ0n) is 11.2. The van der Waals surface area contributed by atoms with Gasteiger partial charge in [-0.1, -0.05) is 0 Å². The maximum atomic E-state index is 11.1. The molecule has 0 aromatic heterocycles. The Kier molecular flexibility index (Phi) is 5.61. The standard InChI is InChI=1S/C11H19NO9/c1-4(14)12-7-5(15)2-11(20,10(18)19)21-9(7)8(17)6(16)3-13/h5-9,13,15-17,20H,2-3H2,1H3,(H,12,14)(H,18,19)/t5-,6+,7-,8-,9+,11-/m1/s1. The monoisotopic (exact) mass is 309 g/mol. The Labute approximate surface area is 119 Å². The van der Waals surface area contributed by atoms with E-state index in [4.69, 9.17) is 14.9 Å². The second kappa shape index (κ2) is 6.64. The maximum Gasteiger partial charge on any atom is 0.364 e. The normalized spacial score (nSPS) is 35.8. The van der Waals surface area contributed by atoms with Gasteiger partial charge in [0, 0.05) is 13.3 Å². The van der Waals surface area contributed by atoms with E-state index in [1.807, 2.05) is 0 Å². The fraction of sp³-hybridized carbons (Fsp3) is 0.818. The van der Waals surface area contributed by atoms with Crippen LogP contribution in [0.2, 0.25) is 0 Å². The molecule has 10 nitrogen and oxygen atoms in total. The zero-order chi connectivity index (χ0) is 16.4. The van der Waals surface area contributed by atoms with Crippen molar-refractivity contribution in [2.45, 2.75) is 49.6 Å². The van der Waals surface area contributed by atoms with Gasteiger partial charge in [0.05, 0.1) is 18.8 Å². The van der Waals surface area contributed by atoms with Crippen LogP contribution in [-0.4, -0.2) is 85.4 Å². The molecule has 0 aliphatic carbocycles. The number of aliphatic hydroxyl groups is 5. The molecular formula is C11H19NO9. The Morgan fingerprint density at radius 1 is 1.43 bits per heavy atom. The van der Waals surface area contributed by atoms with E-state index in [2.05, 4.69) is 5.32 Å². The number of nitrogens with one attached hydrogen (secondary N) is 1. The smallest absolute Gasteiger partial charge is 0.364 e. The molecule has 0 aromatic carbocycles. The van der Waals surface area contributed by atoms with Crippen molar-refractivity contribution in [1.82, 2.24) is 5.32 Å². The quantitative estimate of drug-likeness (QED) is 0.268. The van der Waals surface area contributed by atoms with Crippen LogP contribution in [0.25, 0.3) is 0 Å².